The predicted octanol–water partition coefficient (Wildman–Crippen LogP) is 2.67. The van der Waals surface area contributed by atoms with Crippen molar-refractivity contribution in [2.45, 2.75) is 33.1 Å². The summed E-state index contributed by atoms with van der Waals surface area (Å²) >= 11 is 6.99. The Morgan fingerprint density at radius 2 is 2.00 bits per heavy atom. The lowest BCUT2D eigenvalue weighted by Gasteiger charge is -2.13. The molecule has 0 saturated heterocycles. The van der Waals surface area contributed by atoms with Crippen LogP contribution in [-0.4, -0.2) is 33.7 Å². The molecule has 4 nitrogen and oxygen atoms in total. The molecule has 0 atom stereocenters. The highest BCUT2D eigenvalue weighted by atomic mass is 32.2. The first-order valence-corrected chi connectivity index (χ1v) is 8.24. The summed E-state index contributed by atoms with van der Waals surface area (Å²) in [7, 11) is 0. The van der Waals surface area contributed by atoms with Gasteiger partial charge < -0.3 is 11.1 Å². The Balaban J connectivity index is 2.58. The van der Waals surface area contributed by atoms with Gasteiger partial charge in [0.15, 0.2) is 5.82 Å². The fraction of sp³-hybridized carbons (Fsp3) is 0.615. The first-order chi connectivity index (χ1) is 9.07. The SMILES string of the molecule is CSCCCCCNc1nnc(C)c(C)c1C(N)=S. The Bertz CT molecular complexity index is 435. The molecule has 1 heterocycles. The van der Waals surface area contributed by atoms with Crippen molar-refractivity contribution in [2.75, 3.05) is 23.9 Å². The summed E-state index contributed by atoms with van der Waals surface area (Å²) < 4.78 is 0. The van der Waals surface area contributed by atoms with Gasteiger partial charge in [-0.25, -0.2) is 0 Å². The second-order valence-electron chi connectivity index (χ2n) is 4.48. The van der Waals surface area contributed by atoms with Crippen LogP contribution in [0.1, 0.15) is 36.1 Å². The van der Waals surface area contributed by atoms with Crippen LogP contribution in [0.15, 0.2) is 0 Å². The van der Waals surface area contributed by atoms with E-state index in [2.05, 4.69) is 21.8 Å². The molecule has 0 unspecified atom stereocenters. The molecular formula is C13H22N4S2. The minimum absolute atomic E-state index is 0.375. The Morgan fingerprint density at radius 3 is 2.63 bits per heavy atom. The zero-order valence-electron chi connectivity index (χ0n) is 11.8. The summed E-state index contributed by atoms with van der Waals surface area (Å²) in [6, 6.07) is 0. The lowest BCUT2D eigenvalue weighted by atomic mass is 10.1. The monoisotopic (exact) mass is 298 g/mol. The molecule has 1 aromatic rings. The minimum Gasteiger partial charge on any atom is -0.389 e. The van der Waals surface area contributed by atoms with Gasteiger partial charge in [0, 0.05) is 6.54 Å². The Morgan fingerprint density at radius 1 is 1.26 bits per heavy atom. The van der Waals surface area contributed by atoms with Crippen molar-refractivity contribution in [1.82, 2.24) is 10.2 Å². The highest BCUT2D eigenvalue weighted by Crippen LogP contribution is 2.18. The van der Waals surface area contributed by atoms with Crippen LogP contribution in [-0.2, 0) is 0 Å². The maximum absolute atomic E-state index is 5.78. The largest absolute Gasteiger partial charge is 0.389 e. The number of thioether (sulfide) groups is 1. The molecule has 0 spiro atoms. The molecule has 0 aliphatic rings. The maximum atomic E-state index is 5.78. The molecule has 0 fully saturated rings. The van der Waals surface area contributed by atoms with Gasteiger partial charge in [-0.1, -0.05) is 18.6 Å². The van der Waals surface area contributed by atoms with E-state index in [1.165, 1.54) is 18.6 Å². The highest BCUT2D eigenvalue weighted by Gasteiger charge is 2.12. The van der Waals surface area contributed by atoms with E-state index in [0.29, 0.717) is 10.8 Å². The molecule has 1 rings (SSSR count). The molecule has 0 radical (unpaired) electrons. The van der Waals surface area contributed by atoms with Gasteiger partial charge in [-0.2, -0.15) is 16.9 Å². The molecular weight excluding hydrogens is 276 g/mol. The summed E-state index contributed by atoms with van der Waals surface area (Å²) in [6.07, 6.45) is 5.72. The molecule has 1 aromatic heterocycles. The molecule has 19 heavy (non-hydrogen) atoms. The molecule has 0 saturated carbocycles. The molecule has 0 aliphatic heterocycles. The zero-order valence-corrected chi connectivity index (χ0v) is 13.5. The standard InChI is InChI=1S/C13H22N4S2/c1-9-10(2)16-17-13(11(9)12(14)18)15-7-5-4-6-8-19-3/h4-8H2,1-3H3,(H2,14,18)(H,15,17). The van der Waals surface area contributed by atoms with Crippen LogP contribution in [0.25, 0.3) is 0 Å². The fourth-order valence-corrected chi connectivity index (χ4v) is 2.53. The van der Waals surface area contributed by atoms with Gasteiger partial charge in [0.2, 0.25) is 0 Å². The van der Waals surface area contributed by atoms with Gasteiger partial charge >= 0.3 is 0 Å². The first-order valence-electron chi connectivity index (χ1n) is 6.44. The van der Waals surface area contributed by atoms with Crippen molar-refractivity contribution < 1.29 is 0 Å². The second-order valence-corrected chi connectivity index (χ2v) is 5.90. The van der Waals surface area contributed by atoms with Gasteiger partial charge in [0.1, 0.15) is 4.99 Å². The minimum atomic E-state index is 0.375. The summed E-state index contributed by atoms with van der Waals surface area (Å²) in [5.41, 5.74) is 8.48. The van der Waals surface area contributed by atoms with E-state index in [0.717, 1.165) is 29.8 Å². The highest BCUT2D eigenvalue weighted by molar-refractivity contribution is 7.98. The van der Waals surface area contributed by atoms with Gasteiger partial charge in [-0.05, 0) is 44.3 Å². The third-order valence-electron chi connectivity index (χ3n) is 3.02. The van der Waals surface area contributed by atoms with Crippen molar-refractivity contribution in [1.29, 1.82) is 0 Å². The van der Waals surface area contributed by atoms with Gasteiger partial charge in [-0.3, -0.25) is 0 Å². The average Bonchev–Trinajstić information content (AvgIpc) is 2.37. The number of hydrogen-bond acceptors (Lipinski definition) is 5. The Hall–Kier alpha value is -0.880. The van der Waals surface area contributed by atoms with Crippen molar-refractivity contribution in [2.24, 2.45) is 5.73 Å². The number of nitrogens with zero attached hydrogens (tertiary/aromatic N) is 2. The molecule has 106 valence electrons. The first kappa shape index (κ1) is 16.2. The maximum Gasteiger partial charge on any atom is 0.159 e. The number of nitrogens with one attached hydrogen (secondary N) is 1. The molecule has 0 amide bonds. The third kappa shape index (κ3) is 4.95. The lowest BCUT2D eigenvalue weighted by molar-refractivity contribution is 0.746. The van der Waals surface area contributed by atoms with Crippen molar-refractivity contribution in [3.63, 3.8) is 0 Å². The number of thiocarbonyl (C=S) groups is 1. The average molecular weight is 298 g/mol. The topological polar surface area (TPSA) is 63.8 Å². The molecule has 0 bridgehead atoms. The number of rotatable bonds is 8. The quantitative estimate of drug-likeness (QED) is 0.568. The number of aryl methyl sites for hydroxylation is 1. The van der Waals surface area contributed by atoms with E-state index in [1.54, 1.807) is 0 Å². The summed E-state index contributed by atoms with van der Waals surface area (Å²) in [6.45, 7) is 4.76. The number of nitrogens with two attached hydrogens (primary N) is 1. The molecule has 0 aliphatic carbocycles. The fourth-order valence-electron chi connectivity index (χ4n) is 1.79. The number of hydrogen-bond donors (Lipinski definition) is 2. The third-order valence-corrected chi connectivity index (χ3v) is 3.92. The molecule has 0 aromatic carbocycles. The van der Waals surface area contributed by atoms with Crippen LogP contribution >= 0.6 is 24.0 Å². The lowest BCUT2D eigenvalue weighted by Crippen LogP contribution is -2.18. The second kappa shape index (κ2) is 8.32. The predicted molar refractivity (Wildman–Crippen MR) is 88.1 cm³/mol. The Kier molecular flexibility index (Phi) is 7.09. The summed E-state index contributed by atoms with van der Waals surface area (Å²) in [5.74, 6) is 1.93. The normalized spacial score (nSPS) is 10.5. The van der Waals surface area contributed by atoms with Crippen LogP contribution in [0.2, 0.25) is 0 Å². The van der Waals surface area contributed by atoms with Crippen LogP contribution in [0.5, 0.6) is 0 Å². The van der Waals surface area contributed by atoms with Gasteiger partial charge in [-0.15, -0.1) is 5.10 Å². The van der Waals surface area contributed by atoms with E-state index < -0.39 is 0 Å². The van der Waals surface area contributed by atoms with Crippen molar-refractivity contribution in [3.05, 3.63) is 16.8 Å². The van der Waals surface area contributed by atoms with Gasteiger partial charge in [0.25, 0.3) is 0 Å². The Labute approximate surface area is 124 Å². The van der Waals surface area contributed by atoms with Crippen molar-refractivity contribution >= 4 is 34.8 Å². The van der Waals surface area contributed by atoms with E-state index in [9.17, 15) is 0 Å². The summed E-state index contributed by atoms with van der Waals surface area (Å²) in [5, 5.41) is 11.6. The van der Waals surface area contributed by atoms with E-state index in [-0.39, 0.29) is 0 Å². The van der Waals surface area contributed by atoms with Crippen LogP contribution in [0, 0.1) is 13.8 Å². The van der Waals surface area contributed by atoms with E-state index in [4.69, 9.17) is 18.0 Å². The van der Waals surface area contributed by atoms with Crippen molar-refractivity contribution in [3.8, 4) is 0 Å². The molecule has 6 heteroatoms. The van der Waals surface area contributed by atoms with Crippen LogP contribution < -0.4 is 11.1 Å². The number of unbranched alkanes of at least 4 members (excludes halogenated alkanes) is 2. The van der Waals surface area contributed by atoms with E-state index >= 15 is 0 Å². The van der Waals surface area contributed by atoms with Crippen LogP contribution in [0.3, 0.4) is 0 Å². The smallest absolute Gasteiger partial charge is 0.159 e. The summed E-state index contributed by atoms with van der Waals surface area (Å²) in [4.78, 5) is 0.375. The van der Waals surface area contributed by atoms with Crippen LogP contribution in [0.4, 0.5) is 5.82 Å². The number of aromatic nitrogens is 2. The molecule has 3 N–H and O–H groups in total. The zero-order chi connectivity index (χ0) is 14.3. The van der Waals surface area contributed by atoms with E-state index in [1.807, 2.05) is 25.6 Å². The number of anilines is 1. The van der Waals surface area contributed by atoms with Gasteiger partial charge in [0.05, 0.1) is 11.3 Å².